The highest BCUT2D eigenvalue weighted by Gasteiger charge is 2.31. The molecular formula is C13H10ClNO. The second-order valence-electron chi connectivity index (χ2n) is 3.83. The Morgan fingerprint density at radius 1 is 1.44 bits per heavy atom. The molecule has 0 atom stereocenters. The Morgan fingerprint density at radius 3 is 2.69 bits per heavy atom. The Labute approximate surface area is 99.1 Å². The lowest BCUT2D eigenvalue weighted by atomic mass is 10.1. The van der Waals surface area contributed by atoms with Gasteiger partial charge in [0.1, 0.15) is 6.07 Å². The first-order valence-corrected chi connectivity index (χ1v) is 5.50. The zero-order chi connectivity index (χ0) is 11.5. The quantitative estimate of drug-likeness (QED) is 0.592. The van der Waals surface area contributed by atoms with Crippen LogP contribution in [0.5, 0.6) is 0 Å². The summed E-state index contributed by atoms with van der Waals surface area (Å²) in [6, 6.07) is 9.12. The van der Waals surface area contributed by atoms with Gasteiger partial charge in [-0.25, -0.2) is 0 Å². The lowest BCUT2D eigenvalue weighted by Crippen LogP contribution is -2.02. The second-order valence-corrected chi connectivity index (χ2v) is 4.24. The molecule has 0 spiro atoms. The summed E-state index contributed by atoms with van der Waals surface area (Å²) in [4.78, 5) is 11.7. The van der Waals surface area contributed by atoms with Gasteiger partial charge in [0.05, 0.1) is 5.57 Å². The topological polar surface area (TPSA) is 40.9 Å². The molecule has 0 aromatic heterocycles. The van der Waals surface area contributed by atoms with Crippen molar-refractivity contribution in [1.82, 2.24) is 0 Å². The SMILES string of the molecule is N#C/C(=C\c1ccccc1Cl)C(=O)C1CC1. The summed E-state index contributed by atoms with van der Waals surface area (Å²) >= 11 is 5.96. The zero-order valence-electron chi connectivity index (χ0n) is 8.61. The van der Waals surface area contributed by atoms with Crippen LogP contribution in [0.4, 0.5) is 0 Å². The molecule has 0 N–H and O–H groups in total. The number of Topliss-reactive ketones (excluding diaryl/α,β-unsaturated/α-hetero) is 1. The van der Waals surface area contributed by atoms with Crippen LogP contribution in [0.15, 0.2) is 29.8 Å². The van der Waals surface area contributed by atoms with E-state index in [1.165, 1.54) is 0 Å². The van der Waals surface area contributed by atoms with Crippen molar-refractivity contribution in [3.8, 4) is 6.07 Å². The van der Waals surface area contributed by atoms with Crippen LogP contribution in [0.2, 0.25) is 5.02 Å². The van der Waals surface area contributed by atoms with E-state index in [0.717, 1.165) is 18.4 Å². The van der Waals surface area contributed by atoms with E-state index in [4.69, 9.17) is 16.9 Å². The number of hydrogen-bond donors (Lipinski definition) is 0. The molecule has 0 unspecified atom stereocenters. The molecular weight excluding hydrogens is 222 g/mol. The van der Waals surface area contributed by atoms with E-state index < -0.39 is 0 Å². The van der Waals surface area contributed by atoms with E-state index in [0.29, 0.717) is 5.02 Å². The fraction of sp³-hybridized carbons (Fsp3) is 0.231. The molecule has 2 rings (SSSR count). The maximum Gasteiger partial charge on any atom is 0.176 e. The van der Waals surface area contributed by atoms with Crippen LogP contribution in [-0.4, -0.2) is 5.78 Å². The molecule has 1 aliphatic carbocycles. The van der Waals surface area contributed by atoms with Gasteiger partial charge >= 0.3 is 0 Å². The van der Waals surface area contributed by atoms with Gasteiger partial charge in [-0.05, 0) is 30.5 Å². The molecule has 3 heteroatoms. The number of carbonyl (C=O) groups excluding carboxylic acids is 1. The van der Waals surface area contributed by atoms with Crippen LogP contribution in [0.3, 0.4) is 0 Å². The third kappa shape index (κ3) is 2.32. The number of ketones is 1. The summed E-state index contributed by atoms with van der Waals surface area (Å²) in [5.41, 5.74) is 0.922. The molecule has 1 aromatic carbocycles. The Balaban J connectivity index is 2.31. The first kappa shape index (κ1) is 10.9. The molecule has 1 fully saturated rings. The summed E-state index contributed by atoms with van der Waals surface area (Å²) in [7, 11) is 0. The van der Waals surface area contributed by atoms with Crippen LogP contribution in [0.25, 0.3) is 6.08 Å². The van der Waals surface area contributed by atoms with Gasteiger partial charge in [-0.15, -0.1) is 0 Å². The monoisotopic (exact) mass is 231 g/mol. The van der Waals surface area contributed by atoms with Gasteiger partial charge in [0.15, 0.2) is 5.78 Å². The fourth-order valence-electron chi connectivity index (χ4n) is 1.47. The van der Waals surface area contributed by atoms with Crippen molar-refractivity contribution < 1.29 is 4.79 Å². The molecule has 0 saturated heterocycles. The average molecular weight is 232 g/mol. The van der Waals surface area contributed by atoms with Gasteiger partial charge in [0.2, 0.25) is 0 Å². The Bertz CT molecular complexity index is 495. The minimum absolute atomic E-state index is 0.0533. The number of rotatable bonds is 3. The smallest absolute Gasteiger partial charge is 0.176 e. The van der Waals surface area contributed by atoms with Crippen molar-refractivity contribution in [3.63, 3.8) is 0 Å². The lowest BCUT2D eigenvalue weighted by Gasteiger charge is -1.99. The van der Waals surface area contributed by atoms with Crippen LogP contribution >= 0.6 is 11.6 Å². The van der Waals surface area contributed by atoms with Gasteiger partial charge in [-0.1, -0.05) is 29.8 Å². The third-order valence-electron chi connectivity index (χ3n) is 2.54. The average Bonchev–Trinajstić information content (AvgIpc) is 3.11. The summed E-state index contributed by atoms with van der Waals surface area (Å²) in [5, 5.41) is 9.50. The molecule has 80 valence electrons. The summed E-state index contributed by atoms with van der Waals surface area (Å²) in [5.74, 6) is 0.0100. The van der Waals surface area contributed by atoms with Crippen molar-refractivity contribution >= 4 is 23.5 Å². The number of hydrogen-bond acceptors (Lipinski definition) is 2. The molecule has 1 aromatic rings. The highest BCUT2D eigenvalue weighted by molar-refractivity contribution is 6.32. The van der Waals surface area contributed by atoms with Crippen LogP contribution in [0.1, 0.15) is 18.4 Å². The first-order valence-electron chi connectivity index (χ1n) is 5.13. The van der Waals surface area contributed by atoms with Crippen molar-refractivity contribution in [3.05, 3.63) is 40.4 Å². The molecule has 1 saturated carbocycles. The maximum atomic E-state index is 11.7. The van der Waals surface area contributed by atoms with Gasteiger partial charge in [0.25, 0.3) is 0 Å². The number of halogens is 1. The van der Waals surface area contributed by atoms with Crippen LogP contribution < -0.4 is 0 Å². The molecule has 0 heterocycles. The van der Waals surface area contributed by atoms with Crippen molar-refractivity contribution in [2.45, 2.75) is 12.8 Å². The highest BCUT2D eigenvalue weighted by Crippen LogP contribution is 2.33. The predicted octanol–water partition coefficient (Wildman–Crippen LogP) is 3.23. The van der Waals surface area contributed by atoms with E-state index in [2.05, 4.69) is 0 Å². The Morgan fingerprint density at radius 2 is 2.12 bits per heavy atom. The maximum absolute atomic E-state index is 11.7. The number of nitriles is 1. The number of benzene rings is 1. The minimum Gasteiger partial charge on any atom is -0.293 e. The molecule has 1 aliphatic rings. The molecule has 0 amide bonds. The van der Waals surface area contributed by atoms with Gasteiger partial charge in [-0.3, -0.25) is 4.79 Å². The largest absolute Gasteiger partial charge is 0.293 e. The molecule has 16 heavy (non-hydrogen) atoms. The number of carbonyl (C=O) groups is 1. The van der Waals surface area contributed by atoms with E-state index in [-0.39, 0.29) is 17.3 Å². The number of nitrogens with zero attached hydrogens (tertiary/aromatic N) is 1. The highest BCUT2D eigenvalue weighted by atomic mass is 35.5. The zero-order valence-corrected chi connectivity index (χ0v) is 9.37. The van der Waals surface area contributed by atoms with Crippen molar-refractivity contribution in [1.29, 1.82) is 5.26 Å². The van der Waals surface area contributed by atoms with Gasteiger partial charge < -0.3 is 0 Å². The molecule has 0 bridgehead atoms. The molecule has 0 radical (unpaired) electrons. The van der Waals surface area contributed by atoms with Crippen molar-refractivity contribution in [2.75, 3.05) is 0 Å². The number of allylic oxidation sites excluding steroid dienone is 1. The molecule has 2 nitrogen and oxygen atoms in total. The summed E-state index contributed by atoms with van der Waals surface area (Å²) in [6.45, 7) is 0. The van der Waals surface area contributed by atoms with Crippen molar-refractivity contribution in [2.24, 2.45) is 5.92 Å². The van der Waals surface area contributed by atoms with E-state index in [9.17, 15) is 4.79 Å². The van der Waals surface area contributed by atoms with Gasteiger partial charge in [0, 0.05) is 10.9 Å². The Hall–Kier alpha value is -1.59. The van der Waals surface area contributed by atoms with Gasteiger partial charge in [-0.2, -0.15) is 5.26 Å². The predicted molar refractivity (Wildman–Crippen MR) is 62.8 cm³/mol. The summed E-state index contributed by atoms with van der Waals surface area (Å²) in [6.07, 6.45) is 3.38. The minimum atomic E-state index is -0.0533. The van der Waals surface area contributed by atoms with E-state index in [1.807, 2.05) is 18.2 Å². The summed E-state index contributed by atoms with van der Waals surface area (Å²) < 4.78 is 0. The third-order valence-corrected chi connectivity index (χ3v) is 2.88. The van der Waals surface area contributed by atoms with E-state index in [1.54, 1.807) is 18.2 Å². The normalized spacial score (nSPS) is 15.6. The Kier molecular flexibility index (Phi) is 3.07. The standard InChI is InChI=1S/C13H10ClNO/c14-12-4-2-1-3-10(12)7-11(8-15)13(16)9-5-6-9/h1-4,7,9H,5-6H2/b11-7+. The van der Waals surface area contributed by atoms with Crippen LogP contribution in [-0.2, 0) is 4.79 Å². The second kappa shape index (κ2) is 4.51. The van der Waals surface area contributed by atoms with E-state index >= 15 is 0 Å². The molecule has 0 aliphatic heterocycles. The van der Waals surface area contributed by atoms with Crippen LogP contribution in [0, 0.1) is 17.2 Å². The lowest BCUT2D eigenvalue weighted by molar-refractivity contribution is -0.116. The fourth-order valence-corrected chi connectivity index (χ4v) is 1.66. The first-order chi connectivity index (χ1) is 7.72.